The molecule has 2 aromatic rings. The smallest absolute Gasteiger partial charge is 0.259 e. The van der Waals surface area contributed by atoms with Crippen molar-refractivity contribution in [3.63, 3.8) is 0 Å². The van der Waals surface area contributed by atoms with E-state index in [9.17, 15) is 9.59 Å². The maximum atomic E-state index is 12.7. The normalized spacial score (nSPS) is 10.5. The van der Waals surface area contributed by atoms with E-state index in [0.717, 1.165) is 12.1 Å². The Labute approximate surface area is 154 Å². The third-order valence-corrected chi connectivity index (χ3v) is 3.89. The topological polar surface area (TPSA) is 70.7 Å². The van der Waals surface area contributed by atoms with Crippen molar-refractivity contribution in [2.24, 2.45) is 0 Å². The number of anilines is 1. The first-order valence-corrected chi connectivity index (χ1v) is 8.43. The van der Waals surface area contributed by atoms with E-state index in [-0.39, 0.29) is 11.8 Å². The molecule has 0 aliphatic heterocycles. The van der Waals surface area contributed by atoms with Gasteiger partial charge in [0, 0.05) is 24.8 Å². The summed E-state index contributed by atoms with van der Waals surface area (Å²) in [5, 5.41) is 5.47. The van der Waals surface area contributed by atoms with Crippen LogP contribution in [0.15, 0.2) is 42.5 Å². The highest BCUT2D eigenvalue weighted by Crippen LogP contribution is 2.22. The fourth-order valence-corrected chi connectivity index (χ4v) is 2.40. The summed E-state index contributed by atoms with van der Waals surface area (Å²) in [5.41, 5.74) is 2.49. The first kappa shape index (κ1) is 19.5. The third kappa shape index (κ3) is 5.07. The second-order valence-electron chi connectivity index (χ2n) is 6.21. The van der Waals surface area contributed by atoms with Crippen molar-refractivity contribution >= 4 is 17.5 Å². The maximum absolute atomic E-state index is 12.7. The molecule has 2 amide bonds. The molecule has 138 valence electrons. The second-order valence-corrected chi connectivity index (χ2v) is 6.21. The van der Waals surface area contributed by atoms with Crippen molar-refractivity contribution in [1.82, 2.24) is 10.2 Å². The minimum absolute atomic E-state index is 0.161. The van der Waals surface area contributed by atoms with Crippen molar-refractivity contribution in [2.75, 3.05) is 39.6 Å². The molecule has 0 saturated carbocycles. The van der Waals surface area contributed by atoms with Crippen LogP contribution in [0.3, 0.4) is 0 Å². The van der Waals surface area contributed by atoms with Gasteiger partial charge in [-0.25, -0.2) is 0 Å². The molecule has 0 aliphatic carbocycles. The zero-order chi connectivity index (χ0) is 19.1. The fraction of sp³-hybridized carbons (Fsp3) is 0.300. The van der Waals surface area contributed by atoms with Gasteiger partial charge in [-0.15, -0.1) is 0 Å². The number of nitrogens with one attached hydrogen (secondary N) is 2. The second kappa shape index (κ2) is 9.01. The molecule has 0 saturated heterocycles. The molecule has 0 fully saturated rings. The molecule has 6 heteroatoms. The summed E-state index contributed by atoms with van der Waals surface area (Å²) < 4.78 is 5.75. The first-order chi connectivity index (χ1) is 12.4. The molecule has 0 heterocycles. The van der Waals surface area contributed by atoms with Crippen molar-refractivity contribution in [3.8, 4) is 5.75 Å². The molecule has 2 rings (SSSR count). The molecule has 2 N–H and O–H groups in total. The van der Waals surface area contributed by atoms with Gasteiger partial charge >= 0.3 is 0 Å². The van der Waals surface area contributed by atoms with E-state index in [4.69, 9.17) is 4.74 Å². The number of hydrogen-bond acceptors (Lipinski definition) is 4. The number of likely N-dealkylation sites (N-methyl/N-ethyl adjacent to an activating group) is 1. The van der Waals surface area contributed by atoms with Gasteiger partial charge in [-0.1, -0.05) is 12.1 Å². The van der Waals surface area contributed by atoms with E-state index >= 15 is 0 Å². The Kier molecular flexibility index (Phi) is 6.74. The summed E-state index contributed by atoms with van der Waals surface area (Å²) in [6.07, 6.45) is 0. The maximum Gasteiger partial charge on any atom is 0.259 e. The minimum Gasteiger partial charge on any atom is -0.491 e. The van der Waals surface area contributed by atoms with Crippen LogP contribution in [0.5, 0.6) is 5.75 Å². The van der Waals surface area contributed by atoms with E-state index in [1.54, 1.807) is 43.4 Å². The highest BCUT2D eigenvalue weighted by molar-refractivity contribution is 6.06. The van der Waals surface area contributed by atoms with Crippen LogP contribution < -0.4 is 15.4 Å². The number of para-hydroxylation sites is 1. The lowest BCUT2D eigenvalue weighted by Gasteiger charge is -2.15. The summed E-state index contributed by atoms with van der Waals surface area (Å²) in [5.74, 6) is 0.137. The van der Waals surface area contributed by atoms with Gasteiger partial charge in [0.2, 0.25) is 0 Å². The highest BCUT2D eigenvalue weighted by Gasteiger charge is 2.14. The van der Waals surface area contributed by atoms with Gasteiger partial charge in [0.15, 0.2) is 0 Å². The zero-order valence-corrected chi connectivity index (χ0v) is 15.6. The average molecular weight is 355 g/mol. The van der Waals surface area contributed by atoms with Crippen LogP contribution in [-0.2, 0) is 0 Å². The Morgan fingerprint density at radius 1 is 1.08 bits per heavy atom. The largest absolute Gasteiger partial charge is 0.491 e. The highest BCUT2D eigenvalue weighted by atomic mass is 16.5. The van der Waals surface area contributed by atoms with E-state index in [0.29, 0.717) is 29.2 Å². The molecule has 2 aromatic carbocycles. The first-order valence-electron chi connectivity index (χ1n) is 8.43. The molecule has 0 aliphatic rings. The lowest BCUT2D eigenvalue weighted by Crippen LogP contribution is -2.21. The summed E-state index contributed by atoms with van der Waals surface area (Å²) in [7, 11) is 5.51. The Morgan fingerprint density at radius 2 is 1.81 bits per heavy atom. The summed E-state index contributed by atoms with van der Waals surface area (Å²) in [4.78, 5) is 26.4. The number of carbonyl (C=O) groups excluding carboxylic acids is 2. The Balaban J connectivity index is 2.14. The van der Waals surface area contributed by atoms with Crippen molar-refractivity contribution < 1.29 is 14.3 Å². The number of rotatable bonds is 7. The van der Waals surface area contributed by atoms with Crippen LogP contribution in [-0.4, -0.2) is 51.0 Å². The van der Waals surface area contributed by atoms with Crippen LogP contribution in [0.2, 0.25) is 0 Å². The van der Waals surface area contributed by atoms with Crippen LogP contribution >= 0.6 is 0 Å². The predicted molar refractivity (Wildman–Crippen MR) is 103 cm³/mol. The number of ether oxygens (including phenoxy) is 1. The third-order valence-electron chi connectivity index (χ3n) is 3.89. The van der Waals surface area contributed by atoms with E-state index in [2.05, 4.69) is 10.6 Å². The van der Waals surface area contributed by atoms with Crippen molar-refractivity contribution in [3.05, 3.63) is 59.2 Å². The van der Waals surface area contributed by atoms with Crippen molar-refractivity contribution in [2.45, 2.75) is 6.92 Å². The zero-order valence-electron chi connectivity index (χ0n) is 15.6. The molecular weight excluding hydrogens is 330 g/mol. The lowest BCUT2D eigenvalue weighted by molar-refractivity contribution is 0.0962. The van der Waals surface area contributed by atoms with Gasteiger partial charge in [0.1, 0.15) is 12.4 Å². The molecule has 6 nitrogen and oxygen atoms in total. The SMILES string of the molecule is CNC(=O)c1ccc(NC(=O)c2ccccc2OCCN(C)C)c(C)c1. The molecule has 26 heavy (non-hydrogen) atoms. The van der Waals surface area contributed by atoms with Crippen LogP contribution in [0.1, 0.15) is 26.3 Å². The lowest BCUT2D eigenvalue weighted by atomic mass is 10.1. The molecular formula is C20H25N3O3. The Hall–Kier alpha value is -2.86. The van der Waals surface area contributed by atoms with Gasteiger partial charge in [-0.3, -0.25) is 9.59 Å². The van der Waals surface area contributed by atoms with Crippen molar-refractivity contribution in [1.29, 1.82) is 0 Å². The van der Waals surface area contributed by atoms with Crippen LogP contribution in [0, 0.1) is 6.92 Å². The van der Waals surface area contributed by atoms with Gasteiger partial charge in [0.05, 0.1) is 5.56 Å². The van der Waals surface area contributed by atoms with Crippen LogP contribution in [0.25, 0.3) is 0 Å². The van der Waals surface area contributed by atoms with Gasteiger partial charge in [-0.05, 0) is 56.9 Å². The average Bonchev–Trinajstić information content (AvgIpc) is 2.62. The Morgan fingerprint density at radius 3 is 2.46 bits per heavy atom. The minimum atomic E-state index is -0.249. The quantitative estimate of drug-likeness (QED) is 0.801. The molecule has 0 radical (unpaired) electrons. The summed E-state index contributed by atoms with van der Waals surface area (Å²) >= 11 is 0. The number of hydrogen-bond donors (Lipinski definition) is 2. The van der Waals surface area contributed by atoms with Gasteiger partial charge in [0.25, 0.3) is 11.8 Å². The molecule has 0 bridgehead atoms. The van der Waals surface area contributed by atoms with Gasteiger partial charge < -0.3 is 20.3 Å². The number of nitrogens with zero attached hydrogens (tertiary/aromatic N) is 1. The molecule has 0 spiro atoms. The van der Waals surface area contributed by atoms with E-state index in [1.807, 2.05) is 32.0 Å². The predicted octanol–water partition coefficient (Wildman–Crippen LogP) is 2.55. The Bertz CT molecular complexity index is 788. The number of amides is 2. The number of aryl methyl sites for hydroxylation is 1. The molecule has 0 aromatic heterocycles. The standard InChI is InChI=1S/C20H25N3O3/c1-14-13-15(19(24)21-2)9-10-17(14)22-20(25)16-7-5-6-8-18(16)26-12-11-23(3)4/h5-10,13H,11-12H2,1-4H3,(H,21,24)(H,22,25). The number of carbonyl (C=O) groups is 2. The van der Waals surface area contributed by atoms with E-state index < -0.39 is 0 Å². The number of benzene rings is 2. The molecule has 0 atom stereocenters. The van der Waals surface area contributed by atoms with Gasteiger partial charge in [-0.2, -0.15) is 0 Å². The van der Waals surface area contributed by atoms with Crippen LogP contribution in [0.4, 0.5) is 5.69 Å². The fourth-order valence-electron chi connectivity index (χ4n) is 2.40. The van der Waals surface area contributed by atoms with E-state index in [1.165, 1.54) is 0 Å². The summed E-state index contributed by atoms with van der Waals surface area (Å²) in [6, 6.07) is 12.3. The molecule has 0 unspecified atom stereocenters. The summed E-state index contributed by atoms with van der Waals surface area (Å²) in [6.45, 7) is 3.11. The monoisotopic (exact) mass is 355 g/mol.